The highest BCUT2D eigenvalue weighted by molar-refractivity contribution is 5.98. The van der Waals surface area contributed by atoms with E-state index >= 15 is 0 Å². The van der Waals surface area contributed by atoms with Gasteiger partial charge in [-0.1, -0.05) is 0 Å². The first kappa shape index (κ1) is 17.7. The van der Waals surface area contributed by atoms with Crippen molar-refractivity contribution in [3.63, 3.8) is 0 Å². The molecular weight excluding hydrogens is 336 g/mol. The fraction of sp³-hybridized carbons (Fsp3) is 0.412. The Morgan fingerprint density at radius 3 is 2.88 bits per heavy atom. The Balaban J connectivity index is 1.67. The summed E-state index contributed by atoms with van der Waals surface area (Å²) in [5, 5.41) is 9.71. The van der Waals surface area contributed by atoms with Crippen molar-refractivity contribution in [2.24, 2.45) is 0 Å². The number of carbonyl (C=O) groups excluding carboxylic acids is 2. The first-order valence-electron chi connectivity index (χ1n) is 8.55. The Kier molecular flexibility index (Phi) is 5.06. The van der Waals surface area contributed by atoms with Gasteiger partial charge in [0, 0.05) is 24.8 Å². The van der Waals surface area contributed by atoms with Crippen LogP contribution in [0.5, 0.6) is 5.75 Å². The molecule has 3 amide bonds. The molecule has 1 aliphatic rings. The molecule has 0 aliphatic carbocycles. The van der Waals surface area contributed by atoms with Crippen LogP contribution in [0.3, 0.4) is 0 Å². The summed E-state index contributed by atoms with van der Waals surface area (Å²) >= 11 is 0. The van der Waals surface area contributed by atoms with Crippen molar-refractivity contribution in [2.45, 2.75) is 33.4 Å². The number of nitrogens with zero attached hydrogens (tertiary/aromatic N) is 4. The highest BCUT2D eigenvalue weighted by Gasteiger charge is 2.24. The molecule has 0 radical (unpaired) electrons. The number of aryl methyl sites for hydroxylation is 1. The van der Waals surface area contributed by atoms with E-state index in [0.29, 0.717) is 36.0 Å². The molecule has 9 heteroatoms. The summed E-state index contributed by atoms with van der Waals surface area (Å²) in [5.41, 5.74) is 1.29. The first-order chi connectivity index (χ1) is 12.5. The lowest BCUT2D eigenvalue weighted by Gasteiger charge is -2.28. The molecule has 9 nitrogen and oxygen atoms in total. The van der Waals surface area contributed by atoms with Gasteiger partial charge >= 0.3 is 6.03 Å². The zero-order valence-corrected chi connectivity index (χ0v) is 15.0. The van der Waals surface area contributed by atoms with Crippen molar-refractivity contribution in [3.8, 4) is 5.75 Å². The number of fused-ring (bicyclic) bond motifs is 1. The number of ether oxygens (including phenoxy) is 1. The number of likely N-dealkylation sites (N-methyl/N-ethyl adjacent to an activating group) is 1. The molecule has 0 unspecified atom stereocenters. The highest BCUT2D eigenvalue weighted by Crippen LogP contribution is 2.34. The van der Waals surface area contributed by atoms with E-state index in [2.05, 4.69) is 20.7 Å². The molecule has 1 aromatic carbocycles. The lowest BCUT2D eigenvalue weighted by molar-refractivity contribution is -0.121. The molecular formula is C17H22N6O3. The van der Waals surface area contributed by atoms with Crippen LogP contribution in [-0.4, -0.2) is 39.9 Å². The summed E-state index contributed by atoms with van der Waals surface area (Å²) in [5.74, 6) is 1.18. The van der Waals surface area contributed by atoms with Gasteiger partial charge < -0.3 is 20.3 Å². The van der Waals surface area contributed by atoms with E-state index < -0.39 is 0 Å². The zero-order chi connectivity index (χ0) is 18.7. The lowest BCUT2D eigenvalue weighted by atomic mass is 10.2. The molecule has 0 spiro atoms. The maximum absolute atomic E-state index is 12.3. The molecule has 2 N–H and O–H groups in total. The van der Waals surface area contributed by atoms with E-state index in [-0.39, 0.29) is 24.6 Å². The van der Waals surface area contributed by atoms with Crippen LogP contribution < -0.4 is 20.3 Å². The van der Waals surface area contributed by atoms with Crippen LogP contribution in [0.25, 0.3) is 0 Å². The second-order valence-electron chi connectivity index (χ2n) is 5.86. The molecule has 0 saturated heterocycles. The molecule has 0 saturated carbocycles. The third-order valence-electron chi connectivity index (χ3n) is 4.16. The van der Waals surface area contributed by atoms with Gasteiger partial charge in [-0.05, 0) is 32.9 Å². The summed E-state index contributed by atoms with van der Waals surface area (Å²) in [6, 6.07) is 4.57. The van der Waals surface area contributed by atoms with Gasteiger partial charge in [0.25, 0.3) is 5.91 Å². The number of urea groups is 1. The van der Waals surface area contributed by atoms with E-state index in [1.54, 1.807) is 27.8 Å². The summed E-state index contributed by atoms with van der Waals surface area (Å²) in [6.45, 7) is 6.96. The van der Waals surface area contributed by atoms with Crippen molar-refractivity contribution in [3.05, 3.63) is 30.4 Å². The molecule has 1 aromatic heterocycles. The lowest BCUT2D eigenvalue weighted by Crippen LogP contribution is -2.38. The predicted molar refractivity (Wildman–Crippen MR) is 96.2 cm³/mol. The molecule has 2 aromatic rings. The van der Waals surface area contributed by atoms with Gasteiger partial charge in [0.15, 0.2) is 6.61 Å². The average molecular weight is 358 g/mol. The molecule has 1 aliphatic heterocycles. The van der Waals surface area contributed by atoms with Crippen LogP contribution in [0.15, 0.2) is 24.5 Å². The van der Waals surface area contributed by atoms with Gasteiger partial charge in [-0.2, -0.15) is 5.10 Å². The Morgan fingerprint density at radius 1 is 1.35 bits per heavy atom. The summed E-state index contributed by atoms with van der Waals surface area (Å²) < 4.78 is 7.21. The van der Waals surface area contributed by atoms with Crippen molar-refractivity contribution in [1.29, 1.82) is 0 Å². The molecule has 1 atom stereocenters. The topological polar surface area (TPSA) is 101 Å². The molecule has 0 fully saturated rings. The maximum atomic E-state index is 12.3. The average Bonchev–Trinajstić information content (AvgIpc) is 3.10. The summed E-state index contributed by atoms with van der Waals surface area (Å²) in [7, 11) is 0. The molecule has 138 valence electrons. The maximum Gasteiger partial charge on any atom is 0.319 e. The van der Waals surface area contributed by atoms with Gasteiger partial charge in [0.05, 0.1) is 11.7 Å². The Morgan fingerprint density at radius 2 is 2.15 bits per heavy atom. The number of rotatable bonds is 5. The normalized spacial score (nSPS) is 14.4. The van der Waals surface area contributed by atoms with Crippen molar-refractivity contribution < 1.29 is 14.3 Å². The van der Waals surface area contributed by atoms with Crippen LogP contribution in [-0.2, 0) is 11.3 Å². The van der Waals surface area contributed by atoms with Gasteiger partial charge in [0.1, 0.15) is 17.9 Å². The number of nitrogens with one attached hydrogen (secondary N) is 2. The Labute approximate surface area is 151 Å². The van der Waals surface area contributed by atoms with Crippen molar-refractivity contribution in [2.75, 3.05) is 23.4 Å². The van der Waals surface area contributed by atoms with Crippen LogP contribution in [0.2, 0.25) is 0 Å². The Hall–Kier alpha value is -3.10. The molecule has 3 rings (SSSR count). The molecule has 26 heavy (non-hydrogen) atoms. The minimum atomic E-state index is -0.359. The number of benzene rings is 1. The predicted octanol–water partition coefficient (Wildman–Crippen LogP) is 1.93. The van der Waals surface area contributed by atoms with Crippen LogP contribution in [0.1, 0.15) is 32.6 Å². The van der Waals surface area contributed by atoms with Crippen molar-refractivity contribution in [1.82, 2.24) is 20.1 Å². The largest absolute Gasteiger partial charge is 0.481 e. The first-order valence-corrected chi connectivity index (χ1v) is 8.55. The van der Waals surface area contributed by atoms with Crippen molar-refractivity contribution >= 4 is 23.3 Å². The summed E-state index contributed by atoms with van der Waals surface area (Å²) in [4.78, 5) is 30.0. The van der Waals surface area contributed by atoms with Gasteiger partial charge in [-0.25, -0.2) is 14.5 Å². The smallest absolute Gasteiger partial charge is 0.319 e. The fourth-order valence-electron chi connectivity index (χ4n) is 2.91. The van der Waals surface area contributed by atoms with Gasteiger partial charge in [-0.3, -0.25) is 4.79 Å². The second-order valence-corrected chi connectivity index (χ2v) is 5.86. The molecule has 2 heterocycles. The summed E-state index contributed by atoms with van der Waals surface area (Å²) in [6.07, 6.45) is 1.47. The van der Waals surface area contributed by atoms with E-state index in [4.69, 9.17) is 4.74 Å². The van der Waals surface area contributed by atoms with E-state index in [1.807, 2.05) is 20.8 Å². The minimum absolute atomic E-state index is 0.000199. The molecule has 0 bridgehead atoms. The number of anilines is 2. The van der Waals surface area contributed by atoms with E-state index in [1.165, 1.54) is 6.33 Å². The third-order valence-corrected chi connectivity index (χ3v) is 4.16. The zero-order valence-electron chi connectivity index (χ0n) is 15.0. The van der Waals surface area contributed by atoms with Crippen LogP contribution in [0.4, 0.5) is 16.2 Å². The van der Waals surface area contributed by atoms with Gasteiger partial charge in [-0.15, -0.1) is 0 Å². The second kappa shape index (κ2) is 7.42. The monoisotopic (exact) mass is 358 g/mol. The minimum Gasteiger partial charge on any atom is -0.481 e. The number of hydrogen-bond acceptors (Lipinski definition) is 5. The van der Waals surface area contributed by atoms with Gasteiger partial charge in [0.2, 0.25) is 0 Å². The van der Waals surface area contributed by atoms with E-state index in [9.17, 15) is 9.59 Å². The third kappa shape index (κ3) is 3.46. The standard InChI is InChI=1S/C17H22N6O3/c1-4-22-13-7-6-12(8-14(13)26-9-15(22)24)21-17(25)20-11(3)16-18-10-19-23(16)5-2/h6-8,10-11H,4-5,9H2,1-3H3,(H2,20,21,25)/t11-/m0/s1. The van der Waals surface area contributed by atoms with Crippen LogP contribution in [0, 0.1) is 0 Å². The highest BCUT2D eigenvalue weighted by atomic mass is 16.5. The fourth-order valence-corrected chi connectivity index (χ4v) is 2.91. The number of amides is 3. The quantitative estimate of drug-likeness (QED) is 0.850. The van der Waals surface area contributed by atoms with E-state index in [0.717, 1.165) is 0 Å². The SMILES string of the molecule is CCN1C(=O)COc2cc(NC(=O)N[C@@H](C)c3ncnn3CC)ccc21. The number of carbonyl (C=O) groups is 2. The number of aromatic nitrogens is 3. The number of hydrogen-bond donors (Lipinski definition) is 2. The Bertz CT molecular complexity index is 819. The van der Waals surface area contributed by atoms with Crippen LogP contribution >= 0.6 is 0 Å².